The van der Waals surface area contributed by atoms with Gasteiger partial charge in [0.05, 0.1) is 16.0 Å². The van der Waals surface area contributed by atoms with Crippen molar-refractivity contribution in [3.8, 4) is 0 Å². The van der Waals surface area contributed by atoms with Crippen LogP contribution in [0.25, 0.3) is 0 Å². The Labute approximate surface area is 159 Å². The second kappa shape index (κ2) is 7.19. The van der Waals surface area contributed by atoms with Gasteiger partial charge in [0.25, 0.3) is 0 Å². The van der Waals surface area contributed by atoms with E-state index in [2.05, 4.69) is 40.7 Å². The smallest absolute Gasteiger partial charge is 0.0959 e. The molecule has 124 valence electrons. The fourth-order valence-electron chi connectivity index (χ4n) is 4.25. The molecule has 0 amide bonds. The molecule has 2 nitrogen and oxygen atoms in total. The third kappa shape index (κ3) is 3.07. The summed E-state index contributed by atoms with van der Waals surface area (Å²) >= 11 is 4.17. The first-order chi connectivity index (χ1) is 10.3. The van der Waals surface area contributed by atoms with Crippen molar-refractivity contribution in [1.82, 2.24) is 5.32 Å². The molecular formula is C17H26IN2S2-. The summed E-state index contributed by atoms with van der Waals surface area (Å²) in [5.74, 6) is 1.19. The van der Waals surface area contributed by atoms with Gasteiger partial charge in [-0.3, -0.25) is 5.32 Å². The predicted octanol–water partition coefficient (Wildman–Crippen LogP) is 2.06. The number of thiophene rings is 1. The van der Waals surface area contributed by atoms with Crippen molar-refractivity contribution in [2.75, 3.05) is 11.1 Å². The van der Waals surface area contributed by atoms with Crippen LogP contribution in [-0.2, 0) is 12.8 Å². The number of hydrogen-bond donors (Lipinski definition) is 2. The molecule has 1 spiro atoms. The molecule has 2 heterocycles. The Bertz CT molecular complexity index is 523. The van der Waals surface area contributed by atoms with E-state index in [1.165, 1.54) is 68.5 Å². The number of anilines is 1. The van der Waals surface area contributed by atoms with Crippen LogP contribution in [0.5, 0.6) is 0 Å². The van der Waals surface area contributed by atoms with Gasteiger partial charge in [0.2, 0.25) is 0 Å². The van der Waals surface area contributed by atoms with Crippen LogP contribution in [0.1, 0.15) is 73.2 Å². The molecule has 2 aliphatic carbocycles. The highest BCUT2D eigenvalue weighted by atomic mass is 127. The lowest BCUT2D eigenvalue weighted by Gasteiger charge is -2.46. The van der Waals surface area contributed by atoms with Crippen molar-refractivity contribution in [3.05, 3.63) is 16.0 Å². The van der Waals surface area contributed by atoms with Gasteiger partial charge in [-0.1, -0.05) is 13.3 Å². The molecule has 5 heteroatoms. The van der Waals surface area contributed by atoms with Crippen molar-refractivity contribution in [3.63, 3.8) is 0 Å². The van der Waals surface area contributed by atoms with E-state index in [1.807, 2.05) is 0 Å². The Balaban J connectivity index is 0.00000144. The van der Waals surface area contributed by atoms with Gasteiger partial charge < -0.3 is 29.3 Å². The van der Waals surface area contributed by atoms with Crippen LogP contribution >= 0.6 is 23.1 Å². The molecule has 0 bridgehead atoms. The summed E-state index contributed by atoms with van der Waals surface area (Å²) in [7, 11) is 0. The number of aryl methyl sites for hydroxylation is 1. The minimum atomic E-state index is 0. The first-order valence-corrected chi connectivity index (χ1v) is 10.5. The molecule has 1 unspecified atom stereocenters. The van der Waals surface area contributed by atoms with E-state index in [0.717, 1.165) is 0 Å². The van der Waals surface area contributed by atoms with E-state index >= 15 is 0 Å². The number of fused-ring (bicyclic) bond motifs is 3. The molecule has 1 saturated carbocycles. The number of hydrogen-bond acceptors (Lipinski definition) is 4. The second-order valence-electron chi connectivity index (χ2n) is 6.70. The topological polar surface area (TPSA) is 24.1 Å². The Morgan fingerprint density at radius 1 is 1.14 bits per heavy atom. The summed E-state index contributed by atoms with van der Waals surface area (Å²) < 4.78 is 0. The highest BCUT2D eigenvalue weighted by Crippen LogP contribution is 2.50. The molecule has 1 aromatic heterocycles. The average molecular weight is 449 g/mol. The van der Waals surface area contributed by atoms with Gasteiger partial charge in [0.1, 0.15) is 0 Å². The Morgan fingerprint density at radius 2 is 1.91 bits per heavy atom. The molecule has 1 aromatic rings. The molecule has 0 radical (unpaired) electrons. The van der Waals surface area contributed by atoms with Gasteiger partial charge in [-0.2, -0.15) is 0 Å². The summed E-state index contributed by atoms with van der Waals surface area (Å²) in [5, 5.41) is 10.00. The lowest BCUT2D eigenvalue weighted by molar-refractivity contribution is -0.00000453. The maximum atomic E-state index is 4.02. The molecule has 22 heavy (non-hydrogen) atoms. The summed E-state index contributed by atoms with van der Waals surface area (Å²) in [6.45, 7) is 2.29. The summed E-state index contributed by atoms with van der Waals surface area (Å²) in [4.78, 5) is 1.68. The Morgan fingerprint density at radius 3 is 2.68 bits per heavy atom. The van der Waals surface area contributed by atoms with Crippen LogP contribution < -0.4 is 34.6 Å². The van der Waals surface area contributed by atoms with Gasteiger partial charge in [-0.25, -0.2) is 0 Å². The highest BCUT2D eigenvalue weighted by Gasteiger charge is 2.41. The molecule has 1 fully saturated rings. The molecule has 0 aromatic carbocycles. The van der Waals surface area contributed by atoms with Crippen LogP contribution in [0.2, 0.25) is 0 Å². The lowest BCUT2D eigenvalue weighted by Crippen LogP contribution is -3.00. The zero-order chi connectivity index (χ0) is 14.3. The zero-order valence-corrected chi connectivity index (χ0v) is 17.1. The number of nitrogens with one attached hydrogen (secondary N) is 2. The van der Waals surface area contributed by atoms with Crippen LogP contribution in [0, 0.1) is 0 Å². The normalized spacial score (nSPS) is 25.8. The van der Waals surface area contributed by atoms with E-state index in [-0.39, 0.29) is 29.6 Å². The third-order valence-corrected chi connectivity index (χ3v) is 7.52. The SMILES string of the molecule is CCSC1NC2(CCCCC2)Nc2sc3c(c21)CCCC3.[I-]. The molecular weight excluding hydrogens is 423 g/mol. The Hall–Kier alpha value is 0.540. The van der Waals surface area contributed by atoms with Gasteiger partial charge in [0.15, 0.2) is 0 Å². The third-order valence-electron chi connectivity index (χ3n) is 5.28. The lowest BCUT2D eigenvalue weighted by atomic mass is 9.86. The Kier molecular flexibility index (Phi) is 5.68. The van der Waals surface area contributed by atoms with Crippen molar-refractivity contribution >= 4 is 28.1 Å². The van der Waals surface area contributed by atoms with Gasteiger partial charge in [-0.05, 0) is 62.7 Å². The van der Waals surface area contributed by atoms with Crippen molar-refractivity contribution in [1.29, 1.82) is 0 Å². The molecule has 2 N–H and O–H groups in total. The summed E-state index contributed by atoms with van der Waals surface area (Å²) in [6, 6.07) is 0. The fraction of sp³-hybridized carbons (Fsp3) is 0.765. The molecule has 1 aliphatic heterocycles. The zero-order valence-electron chi connectivity index (χ0n) is 13.3. The average Bonchev–Trinajstić information content (AvgIpc) is 2.86. The van der Waals surface area contributed by atoms with Gasteiger partial charge in [0, 0.05) is 10.4 Å². The van der Waals surface area contributed by atoms with E-state index in [0.29, 0.717) is 5.37 Å². The van der Waals surface area contributed by atoms with E-state index in [4.69, 9.17) is 0 Å². The van der Waals surface area contributed by atoms with Crippen molar-refractivity contribution < 1.29 is 24.0 Å². The van der Waals surface area contributed by atoms with Crippen molar-refractivity contribution in [2.45, 2.75) is 75.7 Å². The van der Waals surface area contributed by atoms with Crippen LogP contribution in [0.4, 0.5) is 5.00 Å². The maximum Gasteiger partial charge on any atom is 0.0959 e. The molecule has 4 rings (SSSR count). The van der Waals surface area contributed by atoms with Crippen LogP contribution in [-0.4, -0.2) is 11.4 Å². The minimum Gasteiger partial charge on any atom is -1.00 e. The van der Waals surface area contributed by atoms with Gasteiger partial charge >= 0.3 is 0 Å². The summed E-state index contributed by atoms with van der Waals surface area (Å²) in [5.41, 5.74) is 3.50. The van der Waals surface area contributed by atoms with E-state index in [1.54, 1.807) is 16.0 Å². The second-order valence-corrected chi connectivity index (χ2v) is 9.19. The predicted molar refractivity (Wildman–Crippen MR) is 94.4 cm³/mol. The first kappa shape index (κ1) is 17.4. The quantitative estimate of drug-likeness (QED) is 0.677. The van der Waals surface area contributed by atoms with E-state index in [9.17, 15) is 0 Å². The largest absolute Gasteiger partial charge is 1.00 e. The summed E-state index contributed by atoms with van der Waals surface area (Å²) in [6.07, 6.45) is 12.1. The van der Waals surface area contributed by atoms with Crippen LogP contribution in [0.15, 0.2) is 0 Å². The first-order valence-electron chi connectivity index (χ1n) is 8.63. The monoisotopic (exact) mass is 449 g/mol. The van der Waals surface area contributed by atoms with E-state index < -0.39 is 0 Å². The number of halogens is 1. The van der Waals surface area contributed by atoms with Crippen LogP contribution in [0.3, 0.4) is 0 Å². The molecule has 1 atom stereocenters. The number of rotatable bonds is 2. The maximum absolute atomic E-state index is 4.02. The molecule has 3 aliphatic rings. The van der Waals surface area contributed by atoms with Crippen molar-refractivity contribution in [2.24, 2.45) is 0 Å². The molecule has 0 saturated heterocycles. The number of thioether (sulfide) groups is 1. The van der Waals surface area contributed by atoms with Gasteiger partial charge in [-0.15, -0.1) is 23.1 Å². The highest BCUT2D eigenvalue weighted by molar-refractivity contribution is 7.99. The fourth-order valence-corrected chi connectivity index (χ4v) is 6.82. The standard InChI is InChI=1S/C17H26N2S2.HI/c1-2-20-15-14-12-8-4-5-9-13(12)21-16(14)19-17(18-15)10-6-3-7-11-17;/h15,18-19H,2-11H2,1H3;1H/p-1. The minimum absolute atomic E-state index is 0.